The molecule has 2 aromatic carbocycles. The van der Waals surface area contributed by atoms with Crippen LogP contribution in [0, 0.1) is 0 Å². The molecular weight excluding hydrogens is 388 g/mol. The van der Waals surface area contributed by atoms with Crippen LogP contribution in [0.15, 0.2) is 48.5 Å². The molecule has 5 nitrogen and oxygen atoms in total. The molecule has 0 radical (unpaired) electrons. The number of rotatable bonds is 3. The molecule has 2 aliphatic rings. The van der Waals surface area contributed by atoms with Crippen LogP contribution in [0.3, 0.4) is 0 Å². The monoisotopic (exact) mass is 420 g/mol. The zero-order valence-corrected chi connectivity index (χ0v) is 18.8. The van der Waals surface area contributed by atoms with E-state index in [4.69, 9.17) is 4.74 Å². The van der Waals surface area contributed by atoms with E-state index in [1.54, 1.807) is 0 Å². The molecule has 31 heavy (non-hydrogen) atoms. The van der Waals surface area contributed by atoms with E-state index in [2.05, 4.69) is 45.0 Å². The number of hydrogen-bond donors (Lipinski definition) is 0. The maximum absolute atomic E-state index is 12.9. The smallest absolute Gasteiger partial charge is 0.253 e. The standard InChI is InChI=1S/C26H32N2O3/c1-26(2,3)22-12-10-20(11-13-22)19-6-8-21(9-7-19)24(29)27-14-16-28(17-15-27)25(30)23-5-4-18-31-23/h6-13,23H,4-5,14-18H2,1-3H3/t23-/m0/s1. The quantitative estimate of drug-likeness (QED) is 0.751. The summed E-state index contributed by atoms with van der Waals surface area (Å²) in [5, 5.41) is 0. The highest BCUT2D eigenvalue weighted by molar-refractivity contribution is 5.95. The van der Waals surface area contributed by atoms with Crippen molar-refractivity contribution in [3.05, 3.63) is 59.7 Å². The first kappa shape index (κ1) is 21.6. The Morgan fingerprint density at radius 3 is 1.90 bits per heavy atom. The van der Waals surface area contributed by atoms with Gasteiger partial charge < -0.3 is 14.5 Å². The average molecular weight is 421 g/mol. The van der Waals surface area contributed by atoms with Crippen molar-refractivity contribution in [1.29, 1.82) is 0 Å². The van der Waals surface area contributed by atoms with Gasteiger partial charge in [-0.3, -0.25) is 9.59 Å². The second-order valence-corrected chi connectivity index (χ2v) is 9.52. The van der Waals surface area contributed by atoms with Crippen molar-refractivity contribution in [3.8, 4) is 11.1 Å². The van der Waals surface area contributed by atoms with Gasteiger partial charge in [0.2, 0.25) is 0 Å². The van der Waals surface area contributed by atoms with Crippen LogP contribution in [0.2, 0.25) is 0 Å². The summed E-state index contributed by atoms with van der Waals surface area (Å²) >= 11 is 0. The number of ether oxygens (including phenoxy) is 1. The third-order valence-corrected chi connectivity index (χ3v) is 6.30. The summed E-state index contributed by atoms with van der Waals surface area (Å²) in [5.74, 6) is 0.102. The number of carbonyl (C=O) groups excluding carboxylic acids is 2. The molecule has 0 aromatic heterocycles. The second kappa shape index (κ2) is 8.83. The van der Waals surface area contributed by atoms with E-state index < -0.39 is 0 Å². The summed E-state index contributed by atoms with van der Waals surface area (Å²) < 4.78 is 5.51. The Kier molecular flexibility index (Phi) is 6.15. The Hall–Kier alpha value is -2.66. The van der Waals surface area contributed by atoms with Crippen LogP contribution in [0.5, 0.6) is 0 Å². The van der Waals surface area contributed by atoms with Gasteiger partial charge in [0.05, 0.1) is 0 Å². The molecule has 2 amide bonds. The van der Waals surface area contributed by atoms with Gasteiger partial charge in [0, 0.05) is 38.3 Å². The van der Waals surface area contributed by atoms with Crippen LogP contribution in [0.4, 0.5) is 0 Å². The van der Waals surface area contributed by atoms with Gasteiger partial charge in [-0.2, -0.15) is 0 Å². The maximum atomic E-state index is 12.9. The molecule has 2 fully saturated rings. The number of nitrogens with zero attached hydrogens (tertiary/aromatic N) is 2. The summed E-state index contributed by atoms with van der Waals surface area (Å²) in [6.07, 6.45) is 1.47. The number of hydrogen-bond acceptors (Lipinski definition) is 3. The summed E-state index contributed by atoms with van der Waals surface area (Å²) in [4.78, 5) is 29.1. The third-order valence-electron chi connectivity index (χ3n) is 6.30. The maximum Gasteiger partial charge on any atom is 0.253 e. The Balaban J connectivity index is 1.36. The fraction of sp³-hybridized carbons (Fsp3) is 0.462. The first-order valence-corrected chi connectivity index (χ1v) is 11.2. The molecule has 0 spiro atoms. The lowest BCUT2D eigenvalue weighted by Gasteiger charge is -2.35. The van der Waals surface area contributed by atoms with Crippen LogP contribution in [0.25, 0.3) is 11.1 Å². The molecule has 0 saturated carbocycles. The fourth-order valence-electron chi connectivity index (χ4n) is 4.26. The minimum atomic E-state index is -0.285. The normalized spacial score (nSPS) is 19.5. The number of benzene rings is 2. The minimum Gasteiger partial charge on any atom is -0.368 e. The Bertz CT molecular complexity index is 915. The van der Waals surface area contributed by atoms with Gasteiger partial charge in [-0.05, 0) is 47.1 Å². The van der Waals surface area contributed by atoms with Crippen molar-refractivity contribution >= 4 is 11.8 Å². The van der Waals surface area contributed by atoms with Gasteiger partial charge in [0.25, 0.3) is 11.8 Å². The van der Waals surface area contributed by atoms with E-state index in [0.717, 1.165) is 24.0 Å². The zero-order valence-electron chi connectivity index (χ0n) is 18.8. The van der Waals surface area contributed by atoms with Crippen molar-refractivity contribution in [1.82, 2.24) is 9.80 Å². The van der Waals surface area contributed by atoms with Gasteiger partial charge in [0.15, 0.2) is 0 Å². The molecule has 0 N–H and O–H groups in total. The number of carbonyl (C=O) groups is 2. The molecule has 164 valence electrons. The van der Waals surface area contributed by atoms with Gasteiger partial charge in [0.1, 0.15) is 6.10 Å². The predicted molar refractivity (Wildman–Crippen MR) is 122 cm³/mol. The lowest BCUT2D eigenvalue weighted by molar-refractivity contribution is -0.142. The molecule has 4 rings (SSSR count). The van der Waals surface area contributed by atoms with Crippen LogP contribution in [-0.4, -0.2) is 60.5 Å². The lowest BCUT2D eigenvalue weighted by atomic mass is 9.86. The molecule has 2 aromatic rings. The minimum absolute atomic E-state index is 0.0267. The first-order chi connectivity index (χ1) is 14.8. The van der Waals surface area contributed by atoms with Gasteiger partial charge in [-0.1, -0.05) is 57.2 Å². The molecular formula is C26H32N2O3. The molecule has 0 bridgehead atoms. The van der Waals surface area contributed by atoms with Crippen molar-refractivity contribution in [2.75, 3.05) is 32.8 Å². The van der Waals surface area contributed by atoms with Crippen LogP contribution < -0.4 is 0 Å². The summed E-state index contributed by atoms with van der Waals surface area (Å²) in [7, 11) is 0. The van der Waals surface area contributed by atoms with E-state index in [0.29, 0.717) is 38.3 Å². The van der Waals surface area contributed by atoms with Crippen molar-refractivity contribution < 1.29 is 14.3 Å². The Morgan fingerprint density at radius 2 is 1.39 bits per heavy atom. The SMILES string of the molecule is CC(C)(C)c1ccc(-c2ccc(C(=O)N3CCN(C(=O)[C@@H]4CCCO4)CC3)cc2)cc1. The van der Waals surface area contributed by atoms with Crippen molar-refractivity contribution in [3.63, 3.8) is 0 Å². The highest BCUT2D eigenvalue weighted by atomic mass is 16.5. The highest BCUT2D eigenvalue weighted by Crippen LogP contribution is 2.26. The molecule has 2 saturated heterocycles. The fourth-order valence-corrected chi connectivity index (χ4v) is 4.26. The van der Waals surface area contributed by atoms with E-state index >= 15 is 0 Å². The Morgan fingerprint density at radius 1 is 0.839 bits per heavy atom. The topological polar surface area (TPSA) is 49.9 Å². The van der Waals surface area contributed by atoms with Crippen molar-refractivity contribution in [2.24, 2.45) is 0 Å². The Labute approximate surface area is 185 Å². The summed E-state index contributed by atoms with van der Waals surface area (Å²) in [6.45, 7) is 9.57. The van der Waals surface area contributed by atoms with Crippen LogP contribution in [0.1, 0.15) is 49.5 Å². The lowest BCUT2D eigenvalue weighted by Crippen LogP contribution is -2.52. The van der Waals surface area contributed by atoms with E-state index in [1.807, 2.05) is 34.1 Å². The predicted octanol–water partition coefficient (Wildman–Crippen LogP) is 4.11. The molecule has 0 unspecified atom stereocenters. The van der Waals surface area contributed by atoms with E-state index in [9.17, 15) is 9.59 Å². The number of amides is 2. The average Bonchev–Trinajstić information content (AvgIpc) is 3.33. The third kappa shape index (κ3) is 4.82. The first-order valence-electron chi connectivity index (χ1n) is 11.2. The van der Waals surface area contributed by atoms with Gasteiger partial charge in [-0.15, -0.1) is 0 Å². The van der Waals surface area contributed by atoms with Crippen LogP contribution >= 0.6 is 0 Å². The van der Waals surface area contributed by atoms with Crippen molar-refractivity contribution in [2.45, 2.75) is 45.1 Å². The molecule has 1 atom stereocenters. The largest absolute Gasteiger partial charge is 0.368 e. The molecule has 5 heteroatoms. The molecule has 2 aliphatic heterocycles. The molecule has 0 aliphatic carbocycles. The molecule has 2 heterocycles. The summed E-state index contributed by atoms with van der Waals surface area (Å²) in [5.41, 5.74) is 4.37. The van der Waals surface area contributed by atoms with E-state index in [1.165, 1.54) is 5.56 Å². The van der Waals surface area contributed by atoms with Gasteiger partial charge >= 0.3 is 0 Å². The van der Waals surface area contributed by atoms with Crippen LogP contribution in [-0.2, 0) is 14.9 Å². The van der Waals surface area contributed by atoms with Gasteiger partial charge in [-0.25, -0.2) is 0 Å². The second-order valence-electron chi connectivity index (χ2n) is 9.52. The zero-order chi connectivity index (χ0) is 22.0. The van der Waals surface area contributed by atoms with E-state index in [-0.39, 0.29) is 23.3 Å². The highest BCUT2D eigenvalue weighted by Gasteiger charge is 2.31. The number of piperazine rings is 1. The summed E-state index contributed by atoms with van der Waals surface area (Å²) in [6, 6.07) is 16.5.